The fraction of sp³-hybridized carbons (Fsp3) is 0.200. The van der Waals surface area contributed by atoms with Crippen LogP contribution < -0.4 is 10.9 Å². The van der Waals surface area contributed by atoms with Crippen LogP contribution in [0.3, 0.4) is 0 Å². The minimum Gasteiger partial charge on any atom is -0.352 e. The molecule has 0 bridgehead atoms. The highest BCUT2D eigenvalue weighted by atomic mass is 16.2. The molecule has 0 aliphatic heterocycles. The summed E-state index contributed by atoms with van der Waals surface area (Å²) in [5, 5.41) is 2.80. The zero-order valence-corrected chi connectivity index (χ0v) is 10.6. The fourth-order valence-electron chi connectivity index (χ4n) is 1.83. The number of H-pyrrole nitrogens is 1. The highest BCUT2D eigenvalue weighted by Gasteiger charge is 2.04. The maximum atomic E-state index is 11.7. The molecule has 2 N–H and O–H groups in total. The van der Waals surface area contributed by atoms with Gasteiger partial charge in [-0.3, -0.25) is 9.59 Å². The van der Waals surface area contributed by atoms with Crippen LogP contribution in [0.15, 0.2) is 53.5 Å². The van der Waals surface area contributed by atoms with Crippen LogP contribution in [0.1, 0.15) is 22.3 Å². The number of rotatable bonds is 5. The normalized spacial score (nSPS) is 10.1. The number of benzene rings is 1. The highest BCUT2D eigenvalue weighted by molar-refractivity contribution is 5.93. The first kappa shape index (κ1) is 13.1. The van der Waals surface area contributed by atoms with Crippen LogP contribution >= 0.6 is 0 Å². The quantitative estimate of drug-likeness (QED) is 0.800. The third-order valence-corrected chi connectivity index (χ3v) is 2.81. The minimum atomic E-state index is -0.267. The van der Waals surface area contributed by atoms with E-state index in [-0.39, 0.29) is 11.5 Å². The molecule has 4 heteroatoms. The average Bonchev–Trinajstić information content (AvgIpc) is 2.44. The number of aromatic nitrogens is 1. The van der Waals surface area contributed by atoms with Gasteiger partial charge in [-0.1, -0.05) is 30.3 Å². The van der Waals surface area contributed by atoms with Gasteiger partial charge in [0.15, 0.2) is 0 Å². The molecule has 0 spiro atoms. The molecule has 0 fully saturated rings. The van der Waals surface area contributed by atoms with Crippen molar-refractivity contribution in [1.82, 2.24) is 10.3 Å². The summed E-state index contributed by atoms with van der Waals surface area (Å²) in [4.78, 5) is 25.3. The predicted octanol–water partition coefficient (Wildman–Crippen LogP) is 1.74. The van der Waals surface area contributed by atoms with Crippen molar-refractivity contribution in [3.8, 4) is 0 Å². The summed E-state index contributed by atoms with van der Waals surface area (Å²) in [6.45, 7) is 0.598. The molecule has 4 nitrogen and oxygen atoms in total. The summed E-state index contributed by atoms with van der Waals surface area (Å²) in [7, 11) is 0. The summed E-state index contributed by atoms with van der Waals surface area (Å²) in [6, 6.07) is 13.0. The Balaban J connectivity index is 1.77. The van der Waals surface area contributed by atoms with E-state index in [4.69, 9.17) is 0 Å². The smallest absolute Gasteiger partial charge is 0.251 e. The third-order valence-electron chi connectivity index (χ3n) is 2.81. The molecule has 1 aromatic carbocycles. The average molecular weight is 256 g/mol. The number of nitrogens with one attached hydrogen (secondary N) is 2. The van der Waals surface area contributed by atoms with Crippen molar-refractivity contribution in [2.45, 2.75) is 12.8 Å². The lowest BCUT2D eigenvalue weighted by Crippen LogP contribution is -2.25. The van der Waals surface area contributed by atoms with Gasteiger partial charge < -0.3 is 10.3 Å². The van der Waals surface area contributed by atoms with E-state index in [2.05, 4.69) is 22.4 Å². The van der Waals surface area contributed by atoms with Gasteiger partial charge in [0, 0.05) is 24.4 Å². The lowest BCUT2D eigenvalue weighted by atomic mass is 10.1. The molecule has 1 heterocycles. The number of aromatic amines is 1. The number of amides is 1. The predicted molar refractivity (Wildman–Crippen MR) is 74.2 cm³/mol. The molecule has 0 saturated carbocycles. The third kappa shape index (κ3) is 4.10. The van der Waals surface area contributed by atoms with Crippen molar-refractivity contribution in [3.05, 3.63) is 70.1 Å². The number of pyridine rings is 1. The molecular weight excluding hydrogens is 240 g/mol. The van der Waals surface area contributed by atoms with Crippen LogP contribution in [-0.4, -0.2) is 17.4 Å². The van der Waals surface area contributed by atoms with E-state index in [0.717, 1.165) is 12.8 Å². The summed E-state index contributed by atoms with van der Waals surface area (Å²) in [5.41, 5.74) is 1.38. The van der Waals surface area contributed by atoms with E-state index in [0.29, 0.717) is 12.1 Å². The van der Waals surface area contributed by atoms with Crippen molar-refractivity contribution >= 4 is 5.91 Å². The van der Waals surface area contributed by atoms with Gasteiger partial charge in [0.2, 0.25) is 5.56 Å². The zero-order valence-electron chi connectivity index (χ0n) is 10.6. The largest absolute Gasteiger partial charge is 0.352 e. The number of hydrogen-bond donors (Lipinski definition) is 2. The Morgan fingerprint density at radius 1 is 1.16 bits per heavy atom. The van der Waals surface area contributed by atoms with Gasteiger partial charge in [0.1, 0.15) is 0 Å². The Labute approximate surface area is 111 Å². The Bertz CT molecular complexity index is 590. The molecule has 0 radical (unpaired) electrons. The van der Waals surface area contributed by atoms with Gasteiger partial charge in [0.25, 0.3) is 5.91 Å². The van der Waals surface area contributed by atoms with Crippen LogP contribution in [0.5, 0.6) is 0 Å². The molecule has 98 valence electrons. The van der Waals surface area contributed by atoms with E-state index in [1.165, 1.54) is 17.8 Å². The number of aryl methyl sites for hydroxylation is 1. The summed E-state index contributed by atoms with van der Waals surface area (Å²) in [5.74, 6) is -0.209. The number of carbonyl (C=O) groups excluding carboxylic acids is 1. The Hall–Kier alpha value is -2.36. The first-order valence-electron chi connectivity index (χ1n) is 6.26. The Kier molecular flexibility index (Phi) is 4.50. The topological polar surface area (TPSA) is 62.0 Å². The van der Waals surface area contributed by atoms with Crippen LogP contribution in [0.4, 0.5) is 0 Å². The maximum absolute atomic E-state index is 11.7. The first-order chi connectivity index (χ1) is 9.25. The first-order valence-corrected chi connectivity index (χ1v) is 6.26. The van der Waals surface area contributed by atoms with E-state index in [1.54, 1.807) is 6.07 Å². The fourth-order valence-corrected chi connectivity index (χ4v) is 1.83. The summed E-state index contributed by atoms with van der Waals surface area (Å²) >= 11 is 0. The molecule has 19 heavy (non-hydrogen) atoms. The lowest BCUT2D eigenvalue weighted by molar-refractivity contribution is 0.0953. The molecule has 0 aliphatic rings. The van der Waals surface area contributed by atoms with Gasteiger partial charge in [-0.15, -0.1) is 0 Å². The minimum absolute atomic E-state index is 0.209. The Morgan fingerprint density at radius 2 is 1.95 bits per heavy atom. The molecule has 2 rings (SSSR count). The van der Waals surface area contributed by atoms with Gasteiger partial charge in [-0.05, 0) is 24.5 Å². The van der Waals surface area contributed by atoms with Crippen molar-refractivity contribution in [2.75, 3.05) is 6.54 Å². The molecule has 0 saturated heterocycles. The second kappa shape index (κ2) is 6.54. The van der Waals surface area contributed by atoms with Crippen LogP contribution in [-0.2, 0) is 6.42 Å². The number of hydrogen-bond acceptors (Lipinski definition) is 2. The second-order valence-corrected chi connectivity index (χ2v) is 4.29. The monoisotopic (exact) mass is 256 g/mol. The molecule has 0 unspecified atom stereocenters. The van der Waals surface area contributed by atoms with Gasteiger partial charge in [0.05, 0.1) is 0 Å². The van der Waals surface area contributed by atoms with Gasteiger partial charge in [-0.2, -0.15) is 0 Å². The summed E-state index contributed by atoms with van der Waals surface area (Å²) in [6.07, 6.45) is 3.27. The van der Waals surface area contributed by atoms with Crippen LogP contribution in [0.2, 0.25) is 0 Å². The van der Waals surface area contributed by atoms with E-state index in [1.807, 2.05) is 18.2 Å². The molecular formula is C15H16N2O2. The molecule has 1 amide bonds. The van der Waals surface area contributed by atoms with Crippen molar-refractivity contribution in [1.29, 1.82) is 0 Å². The molecule has 2 aromatic rings. The highest BCUT2D eigenvalue weighted by Crippen LogP contribution is 2.01. The van der Waals surface area contributed by atoms with Crippen molar-refractivity contribution < 1.29 is 4.79 Å². The maximum Gasteiger partial charge on any atom is 0.251 e. The number of carbonyl (C=O) groups is 1. The summed E-state index contributed by atoms with van der Waals surface area (Å²) < 4.78 is 0. The van der Waals surface area contributed by atoms with E-state index in [9.17, 15) is 9.59 Å². The second-order valence-electron chi connectivity index (χ2n) is 4.29. The van der Waals surface area contributed by atoms with E-state index >= 15 is 0 Å². The zero-order chi connectivity index (χ0) is 13.5. The van der Waals surface area contributed by atoms with Gasteiger partial charge >= 0.3 is 0 Å². The van der Waals surface area contributed by atoms with Crippen molar-refractivity contribution in [3.63, 3.8) is 0 Å². The SMILES string of the molecule is O=C(NCCCc1ccccc1)c1cc[nH]c(=O)c1. The Morgan fingerprint density at radius 3 is 2.68 bits per heavy atom. The molecule has 1 aromatic heterocycles. The standard InChI is InChI=1S/C15H16N2O2/c18-14-11-13(8-10-16-14)15(19)17-9-4-7-12-5-2-1-3-6-12/h1-3,5-6,8,10-11H,4,7,9H2,(H,16,18)(H,17,19). The molecule has 0 atom stereocenters. The van der Waals surface area contributed by atoms with Crippen LogP contribution in [0.25, 0.3) is 0 Å². The van der Waals surface area contributed by atoms with Crippen molar-refractivity contribution in [2.24, 2.45) is 0 Å². The lowest BCUT2D eigenvalue weighted by Gasteiger charge is -2.05. The van der Waals surface area contributed by atoms with Gasteiger partial charge in [-0.25, -0.2) is 0 Å². The van der Waals surface area contributed by atoms with E-state index < -0.39 is 0 Å². The molecule has 0 aliphatic carbocycles. The van der Waals surface area contributed by atoms with Crippen LogP contribution in [0, 0.1) is 0 Å².